The lowest BCUT2D eigenvalue weighted by Crippen LogP contribution is -2.41. The summed E-state index contributed by atoms with van der Waals surface area (Å²) >= 11 is 0. The van der Waals surface area contributed by atoms with Crippen LogP contribution in [0, 0.1) is 17.0 Å². The topological polar surface area (TPSA) is 75.5 Å². The van der Waals surface area contributed by atoms with E-state index in [1.54, 1.807) is 30.0 Å². The minimum atomic E-state index is -0.469. The molecule has 1 unspecified atom stereocenters. The van der Waals surface area contributed by atoms with E-state index >= 15 is 0 Å². The van der Waals surface area contributed by atoms with E-state index in [4.69, 9.17) is 0 Å². The second-order valence-corrected chi connectivity index (χ2v) is 4.97. The molecule has 2 rings (SSSR count). The minimum absolute atomic E-state index is 0.0816. The third kappa shape index (κ3) is 2.65. The van der Waals surface area contributed by atoms with Gasteiger partial charge in [-0.1, -0.05) is 12.1 Å². The van der Waals surface area contributed by atoms with E-state index in [1.165, 1.54) is 0 Å². The standard InChI is InChI=1S/C14H19N3O3/c1-3-16(11-7-8-15-9-11)14(18)12-6-4-5-10(2)13(12)17(19)20/h4-6,11,15H,3,7-9H2,1-2H3. The maximum absolute atomic E-state index is 12.6. The summed E-state index contributed by atoms with van der Waals surface area (Å²) in [5.74, 6) is -0.253. The molecule has 1 aliphatic heterocycles. The Kier molecular flexibility index (Phi) is 4.34. The molecule has 0 radical (unpaired) electrons. The lowest BCUT2D eigenvalue weighted by atomic mass is 10.1. The van der Waals surface area contributed by atoms with E-state index in [0.29, 0.717) is 12.1 Å². The summed E-state index contributed by atoms with van der Waals surface area (Å²) in [6.07, 6.45) is 0.888. The molecule has 6 nitrogen and oxygen atoms in total. The first-order valence-electron chi connectivity index (χ1n) is 6.82. The van der Waals surface area contributed by atoms with E-state index < -0.39 is 4.92 Å². The smallest absolute Gasteiger partial charge is 0.285 e. The van der Waals surface area contributed by atoms with Gasteiger partial charge in [0.25, 0.3) is 11.6 Å². The Hall–Kier alpha value is -1.95. The van der Waals surface area contributed by atoms with Crippen molar-refractivity contribution in [2.75, 3.05) is 19.6 Å². The Balaban J connectivity index is 2.36. The molecule has 1 saturated heterocycles. The summed E-state index contributed by atoms with van der Waals surface area (Å²) in [5, 5.41) is 14.4. The van der Waals surface area contributed by atoms with Gasteiger partial charge in [0, 0.05) is 24.7 Å². The fraction of sp³-hybridized carbons (Fsp3) is 0.500. The summed E-state index contributed by atoms with van der Waals surface area (Å²) < 4.78 is 0. The van der Waals surface area contributed by atoms with Gasteiger partial charge in [0.2, 0.25) is 0 Å². The number of rotatable bonds is 4. The Bertz CT molecular complexity index is 524. The number of benzene rings is 1. The molecule has 6 heteroatoms. The number of hydrogen-bond donors (Lipinski definition) is 1. The van der Waals surface area contributed by atoms with Gasteiger partial charge in [-0.2, -0.15) is 0 Å². The van der Waals surface area contributed by atoms with Crippen molar-refractivity contribution in [1.29, 1.82) is 0 Å². The lowest BCUT2D eigenvalue weighted by molar-refractivity contribution is -0.385. The molecule has 0 spiro atoms. The van der Waals surface area contributed by atoms with Crippen LogP contribution < -0.4 is 5.32 Å². The zero-order valence-corrected chi connectivity index (χ0v) is 11.8. The number of para-hydroxylation sites is 1. The van der Waals surface area contributed by atoms with E-state index in [0.717, 1.165) is 19.5 Å². The van der Waals surface area contributed by atoms with Gasteiger partial charge in [-0.3, -0.25) is 14.9 Å². The number of nitrogens with one attached hydrogen (secondary N) is 1. The van der Waals surface area contributed by atoms with Crippen molar-refractivity contribution in [2.24, 2.45) is 0 Å². The van der Waals surface area contributed by atoms with Gasteiger partial charge in [0.15, 0.2) is 0 Å². The number of nitrogens with zero attached hydrogens (tertiary/aromatic N) is 2. The molecular weight excluding hydrogens is 258 g/mol. The van der Waals surface area contributed by atoms with Crippen molar-refractivity contribution in [1.82, 2.24) is 10.2 Å². The number of nitro groups is 1. The summed E-state index contributed by atoms with van der Waals surface area (Å²) in [5.41, 5.74) is 0.618. The predicted molar refractivity (Wildman–Crippen MR) is 75.8 cm³/mol. The Morgan fingerprint density at radius 2 is 2.30 bits per heavy atom. The summed E-state index contributed by atoms with van der Waals surface area (Å²) in [4.78, 5) is 25.1. The molecule has 1 aromatic carbocycles. The van der Waals surface area contributed by atoms with Gasteiger partial charge in [0.05, 0.1) is 4.92 Å². The summed E-state index contributed by atoms with van der Waals surface area (Å²) in [7, 11) is 0. The first kappa shape index (κ1) is 14.5. The van der Waals surface area contributed by atoms with Gasteiger partial charge in [-0.15, -0.1) is 0 Å². The van der Waals surface area contributed by atoms with Crippen LogP contribution >= 0.6 is 0 Å². The summed E-state index contributed by atoms with van der Waals surface area (Å²) in [6, 6.07) is 5.00. The number of hydrogen-bond acceptors (Lipinski definition) is 4. The van der Waals surface area contributed by atoms with Crippen molar-refractivity contribution in [2.45, 2.75) is 26.3 Å². The second kappa shape index (κ2) is 6.00. The van der Waals surface area contributed by atoms with Crippen LogP contribution in [0.1, 0.15) is 29.3 Å². The number of nitro benzene ring substituents is 1. The Morgan fingerprint density at radius 3 is 2.85 bits per heavy atom. The minimum Gasteiger partial charge on any atom is -0.334 e. The quantitative estimate of drug-likeness (QED) is 0.671. The molecule has 1 aliphatic rings. The molecule has 1 atom stereocenters. The third-order valence-corrected chi connectivity index (χ3v) is 3.73. The van der Waals surface area contributed by atoms with Gasteiger partial charge >= 0.3 is 0 Å². The van der Waals surface area contributed by atoms with Crippen LogP contribution in [0.3, 0.4) is 0 Å². The van der Waals surface area contributed by atoms with Crippen LogP contribution in [-0.2, 0) is 0 Å². The molecule has 0 aromatic heterocycles. The normalized spacial score (nSPS) is 18.0. The molecular formula is C14H19N3O3. The molecule has 1 aromatic rings. The molecule has 1 N–H and O–H groups in total. The van der Waals surface area contributed by atoms with Crippen molar-refractivity contribution in [3.05, 3.63) is 39.4 Å². The average Bonchev–Trinajstić information content (AvgIpc) is 2.92. The largest absolute Gasteiger partial charge is 0.334 e. The van der Waals surface area contributed by atoms with E-state index in [9.17, 15) is 14.9 Å². The highest BCUT2D eigenvalue weighted by Crippen LogP contribution is 2.25. The van der Waals surface area contributed by atoms with Gasteiger partial charge in [0.1, 0.15) is 5.56 Å². The van der Waals surface area contributed by atoms with E-state index in [-0.39, 0.29) is 23.2 Å². The van der Waals surface area contributed by atoms with E-state index in [2.05, 4.69) is 5.32 Å². The number of carbonyl (C=O) groups is 1. The molecule has 1 amide bonds. The zero-order chi connectivity index (χ0) is 14.7. The Morgan fingerprint density at radius 1 is 1.55 bits per heavy atom. The zero-order valence-electron chi connectivity index (χ0n) is 11.8. The van der Waals surface area contributed by atoms with Gasteiger partial charge < -0.3 is 10.2 Å². The molecule has 0 bridgehead atoms. The van der Waals surface area contributed by atoms with Crippen LogP contribution in [0.15, 0.2) is 18.2 Å². The number of amides is 1. The maximum atomic E-state index is 12.6. The van der Waals surface area contributed by atoms with Crippen LogP contribution in [0.5, 0.6) is 0 Å². The van der Waals surface area contributed by atoms with Crippen molar-refractivity contribution < 1.29 is 9.72 Å². The fourth-order valence-electron chi connectivity index (χ4n) is 2.70. The predicted octanol–water partition coefficient (Wildman–Crippen LogP) is 1.73. The van der Waals surface area contributed by atoms with Crippen LogP contribution in [0.4, 0.5) is 5.69 Å². The van der Waals surface area contributed by atoms with E-state index in [1.807, 2.05) is 6.92 Å². The van der Waals surface area contributed by atoms with Gasteiger partial charge in [-0.25, -0.2) is 0 Å². The highest BCUT2D eigenvalue weighted by Gasteiger charge is 2.30. The first-order valence-corrected chi connectivity index (χ1v) is 6.82. The molecule has 20 heavy (non-hydrogen) atoms. The highest BCUT2D eigenvalue weighted by atomic mass is 16.6. The van der Waals surface area contributed by atoms with Crippen molar-refractivity contribution in [3.63, 3.8) is 0 Å². The molecule has 0 aliphatic carbocycles. The van der Waals surface area contributed by atoms with Crippen LogP contribution in [-0.4, -0.2) is 41.4 Å². The Labute approximate surface area is 117 Å². The number of aryl methyl sites for hydroxylation is 1. The second-order valence-electron chi connectivity index (χ2n) is 4.97. The molecule has 0 saturated carbocycles. The third-order valence-electron chi connectivity index (χ3n) is 3.73. The maximum Gasteiger partial charge on any atom is 0.285 e. The monoisotopic (exact) mass is 277 g/mol. The molecule has 1 fully saturated rings. The van der Waals surface area contributed by atoms with Crippen LogP contribution in [0.2, 0.25) is 0 Å². The molecule has 1 heterocycles. The van der Waals surface area contributed by atoms with Gasteiger partial charge in [-0.05, 0) is 32.9 Å². The first-order chi connectivity index (χ1) is 9.56. The van der Waals surface area contributed by atoms with Crippen molar-refractivity contribution in [3.8, 4) is 0 Å². The summed E-state index contributed by atoms with van der Waals surface area (Å²) in [6.45, 7) is 5.74. The van der Waals surface area contributed by atoms with Crippen molar-refractivity contribution >= 4 is 11.6 Å². The SMILES string of the molecule is CCN(C(=O)c1cccc(C)c1[N+](=O)[O-])C1CCNC1. The number of likely N-dealkylation sites (N-methyl/N-ethyl adjacent to an activating group) is 1. The van der Waals surface area contributed by atoms with Crippen LogP contribution in [0.25, 0.3) is 0 Å². The number of carbonyl (C=O) groups excluding carboxylic acids is 1. The average molecular weight is 277 g/mol. The highest BCUT2D eigenvalue weighted by molar-refractivity contribution is 5.98. The lowest BCUT2D eigenvalue weighted by Gasteiger charge is -2.27. The fourth-order valence-corrected chi connectivity index (χ4v) is 2.70. The molecule has 108 valence electrons.